The number of hydrogen-bond donors (Lipinski definition) is 1. The van der Waals surface area contributed by atoms with Gasteiger partial charge in [0.1, 0.15) is 5.58 Å². The third kappa shape index (κ3) is 3.30. The molecule has 4 rings (SSSR count). The van der Waals surface area contributed by atoms with E-state index < -0.39 is 0 Å². The van der Waals surface area contributed by atoms with E-state index in [1.807, 2.05) is 0 Å². The summed E-state index contributed by atoms with van der Waals surface area (Å²) in [5.74, 6) is 1.11. The Morgan fingerprint density at radius 1 is 0.833 bits per heavy atom. The van der Waals surface area contributed by atoms with Gasteiger partial charge in [0.25, 0.3) is 5.91 Å². The zero-order valence-corrected chi connectivity index (χ0v) is 16.6. The van der Waals surface area contributed by atoms with Crippen molar-refractivity contribution in [2.75, 3.05) is 26.6 Å². The van der Waals surface area contributed by atoms with Crippen LogP contribution in [0, 0.1) is 0 Å². The van der Waals surface area contributed by atoms with Gasteiger partial charge in [0.05, 0.1) is 32.1 Å². The van der Waals surface area contributed by atoms with Gasteiger partial charge < -0.3 is 23.9 Å². The minimum absolute atomic E-state index is 0.164. The van der Waals surface area contributed by atoms with E-state index in [1.165, 1.54) is 21.3 Å². The molecule has 3 aromatic carbocycles. The molecule has 0 saturated heterocycles. The molecular weight excluding hydrogens is 386 g/mol. The lowest BCUT2D eigenvalue weighted by molar-refractivity contribution is 0.102. The van der Waals surface area contributed by atoms with Crippen molar-refractivity contribution in [1.82, 2.24) is 0 Å². The van der Waals surface area contributed by atoms with E-state index in [1.54, 1.807) is 54.6 Å². The van der Waals surface area contributed by atoms with Crippen molar-refractivity contribution in [2.24, 2.45) is 0 Å². The second-order valence-electron chi connectivity index (χ2n) is 6.50. The van der Waals surface area contributed by atoms with Gasteiger partial charge in [-0.2, -0.15) is 0 Å². The molecule has 7 nitrogen and oxygen atoms in total. The van der Waals surface area contributed by atoms with Gasteiger partial charge in [-0.05, 0) is 42.5 Å². The maximum Gasteiger partial charge on any atom is 0.255 e. The van der Waals surface area contributed by atoms with Gasteiger partial charge in [-0.25, -0.2) is 0 Å². The summed E-state index contributed by atoms with van der Waals surface area (Å²) >= 11 is 0. The van der Waals surface area contributed by atoms with Crippen LogP contribution in [-0.2, 0) is 0 Å². The summed E-state index contributed by atoms with van der Waals surface area (Å²) in [6, 6.07) is 14.9. The molecule has 1 heterocycles. The number of anilines is 1. The smallest absolute Gasteiger partial charge is 0.255 e. The molecule has 0 aliphatic rings. The average Bonchev–Trinajstić information content (AvgIpc) is 2.78. The van der Waals surface area contributed by atoms with E-state index in [0.717, 1.165) is 0 Å². The quantitative estimate of drug-likeness (QED) is 0.500. The number of hydrogen-bond acceptors (Lipinski definition) is 6. The monoisotopic (exact) mass is 405 g/mol. The summed E-state index contributed by atoms with van der Waals surface area (Å²) in [4.78, 5) is 25.5. The highest BCUT2D eigenvalue weighted by Crippen LogP contribution is 2.29. The fourth-order valence-corrected chi connectivity index (χ4v) is 3.27. The number of fused-ring (bicyclic) bond motifs is 2. The van der Waals surface area contributed by atoms with Gasteiger partial charge in [0.15, 0.2) is 22.8 Å². The molecule has 30 heavy (non-hydrogen) atoms. The Bertz CT molecular complexity index is 1320. The molecule has 0 fully saturated rings. The highest BCUT2D eigenvalue weighted by atomic mass is 16.5. The first-order valence-corrected chi connectivity index (χ1v) is 9.12. The van der Waals surface area contributed by atoms with Crippen LogP contribution in [0.5, 0.6) is 17.2 Å². The number of benzene rings is 3. The lowest BCUT2D eigenvalue weighted by Crippen LogP contribution is -2.12. The molecule has 0 radical (unpaired) electrons. The van der Waals surface area contributed by atoms with Crippen molar-refractivity contribution in [3.05, 3.63) is 70.4 Å². The third-order valence-electron chi connectivity index (χ3n) is 4.79. The molecule has 1 amide bonds. The summed E-state index contributed by atoms with van der Waals surface area (Å²) in [5, 5.41) is 3.66. The normalized spacial score (nSPS) is 10.8. The molecule has 0 aliphatic carbocycles. The van der Waals surface area contributed by atoms with Crippen molar-refractivity contribution in [3.63, 3.8) is 0 Å². The Kier molecular flexibility index (Phi) is 5.02. The minimum Gasteiger partial charge on any atom is -0.493 e. The van der Waals surface area contributed by atoms with Crippen LogP contribution in [-0.4, -0.2) is 27.2 Å². The number of methoxy groups -OCH3 is 3. The molecule has 0 unspecified atom stereocenters. The highest BCUT2D eigenvalue weighted by Gasteiger charge is 2.14. The van der Waals surface area contributed by atoms with E-state index in [2.05, 4.69) is 5.32 Å². The number of nitrogens with one attached hydrogen (secondary N) is 1. The topological polar surface area (TPSA) is 87.0 Å². The summed E-state index contributed by atoms with van der Waals surface area (Å²) in [7, 11) is 4.54. The van der Waals surface area contributed by atoms with Gasteiger partial charge in [-0.1, -0.05) is 6.07 Å². The lowest BCUT2D eigenvalue weighted by atomic mass is 10.1. The first kappa shape index (κ1) is 19.3. The highest BCUT2D eigenvalue weighted by molar-refractivity contribution is 6.05. The molecule has 0 bridgehead atoms. The molecule has 0 saturated carbocycles. The number of amides is 1. The second kappa shape index (κ2) is 7.79. The zero-order valence-electron chi connectivity index (χ0n) is 16.6. The predicted molar refractivity (Wildman–Crippen MR) is 114 cm³/mol. The summed E-state index contributed by atoms with van der Waals surface area (Å²) < 4.78 is 21.7. The Balaban J connectivity index is 1.72. The predicted octanol–water partition coefficient (Wildman–Crippen LogP) is 4.22. The maximum atomic E-state index is 12.8. The average molecular weight is 405 g/mol. The summed E-state index contributed by atoms with van der Waals surface area (Å²) in [6.07, 6.45) is 0. The van der Waals surface area contributed by atoms with E-state index in [0.29, 0.717) is 50.4 Å². The Morgan fingerprint density at radius 3 is 2.33 bits per heavy atom. The molecular formula is C23H19NO6. The number of ether oxygens (including phenoxy) is 3. The molecule has 152 valence electrons. The van der Waals surface area contributed by atoms with Gasteiger partial charge >= 0.3 is 0 Å². The van der Waals surface area contributed by atoms with E-state index in [-0.39, 0.29) is 11.3 Å². The van der Waals surface area contributed by atoms with Crippen molar-refractivity contribution >= 4 is 33.5 Å². The molecule has 1 N–H and O–H groups in total. The Labute approximate surface area is 171 Å². The maximum absolute atomic E-state index is 12.8. The first-order valence-electron chi connectivity index (χ1n) is 9.12. The van der Waals surface area contributed by atoms with Crippen molar-refractivity contribution in [1.29, 1.82) is 0 Å². The molecule has 7 heteroatoms. The molecule has 1 aromatic heterocycles. The van der Waals surface area contributed by atoms with Crippen LogP contribution < -0.4 is 25.0 Å². The van der Waals surface area contributed by atoms with Crippen LogP contribution in [0.3, 0.4) is 0 Å². The minimum atomic E-state index is -0.337. The summed E-state index contributed by atoms with van der Waals surface area (Å²) in [6.45, 7) is 0. The second-order valence-corrected chi connectivity index (χ2v) is 6.50. The van der Waals surface area contributed by atoms with Crippen molar-refractivity contribution in [3.8, 4) is 17.2 Å². The van der Waals surface area contributed by atoms with Crippen LogP contribution in [0.4, 0.5) is 5.69 Å². The van der Waals surface area contributed by atoms with E-state index in [9.17, 15) is 9.59 Å². The Hall–Kier alpha value is -4.00. The molecule has 0 aliphatic heterocycles. The SMILES string of the molecule is COc1ccc(C(=O)Nc2ccc3c(=O)c4cccc(OC)c4oc3c2)cc1OC. The van der Waals surface area contributed by atoms with Gasteiger partial charge in [0.2, 0.25) is 5.43 Å². The van der Waals surface area contributed by atoms with E-state index in [4.69, 9.17) is 18.6 Å². The third-order valence-corrected chi connectivity index (χ3v) is 4.79. The number of rotatable bonds is 5. The fraction of sp³-hybridized carbons (Fsp3) is 0.130. The van der Waals surface area contributed by atoms with Gasteiger partial charge in [-0.3, -0.25) is 9.59 Å². The van der Waals surface area contributed by atoms with Crippen molar-refractivity contribution < 1.29 is 23.4 Å². The summed E-state index contributed by atoms with van der Waals surface area (Å²) in [5.41, 5.74) is 1.43. The largest absolute Gasteiger partial charge is 0.493 e. The zero-order chi connectivity index (χ0) is 21.3. The number of carbonyl (C=O) groups is 1. The van der Waals surface area contributed by atoms with Crippen LogP contribution >= 0.6 is 0 Å². The van der Waals surface area contributed by atoms with Crippen LogP contribution in [0.2, 0.25) is 0 Å². The Morgan fingerprint density at radius 2 is 1.60 bits per heavy atom. The number of para-hydroxylation sites is 1. The molecule has 4 aromatic rings. The number of carbonyl (C=O) groups excluding carboxylic acids is 1. The standard InChI is InChI=1S/C23H19NO6/c1-27-17-10-7-13(11-20(17)29-3)23(26)24-14-8-9-15-19(12-14)30-22-16(21(15)25)5-4-6-18(22)28-2/h4-12H,1-3H3,(H,24,26). The van der Waals surface area contributed by atoms with Gasteiger partial charge in [-0.15, -0.1) is 0 Å². The van der Waals surface area contributed by atoms with Gasteiger partial charge in [0, 0.05) is 17.3 Å². The molecule has 0 atom stereocenters. The van der Waals surface area contributed by atoms with Crippen LogP contribution in [0.1, 0.15) is 10.4 Å². The lowest BCUT2D eigenvalue weighted by Gasteiger charge is -2.11. The van der Waals surface area contributed by atoms with Crippen LogP contribution in [0.25, 0.3) is 21.9 Å². The first-order chi connectivity index (χ1) is 14.5. The molecule has 0 spiro atoms. The van der Waals surface area contributed by atoms with Crippen LogP contribution in [0.15, 0.2) is 63.8 Å². The van der Waals surface area contributed by atoms with E-state index >= 15 is 0 Å². The van der Waals surface area contributed by atoms with Crippen molar-refractivity contribution in [2.45, 2.75) is 0 Å². The fourth-order valence-electron chi connectivity index (χ4n) is 3.27.